The first-order valence-electron chi connectivity index (χ1n) is 9.07. The SMILES string of the molecule is CCCCCCCCCCCCOOP(=O)(O)OOCCCC. The maximum Gasteiger partial charge on any atom is 0.526 e. The molecule has 0 saturated carbocycles. The minimum atomic E-state index is -4.26. The molecule has 140 valence electrons. The van der Waals surface area contributed by atoms with Crippen LogP contribution in [0.25, 0.3) is 0 Å². The molecule has 0 aliphatic rings. The summed E-state index contributed by atoms with van der Waals surface area (Å²) in [6, 6.07) is 0. The van der Waals surface area contributed by atoms with Gasteiger partial charge in [-0.2, -0.15) is 0 Å². The quantitative estimate of drug-likeness (QED) is 0.147. The third kappa shape index (κ3) is 18.2. The lowest BCUT2D eigenvalue weighted by molar-refractivity contribution is -0.279. The monoisotopic (exact) mass is 354 g/mol. The number of phosphoric acid groups is 1. The second-order valence-electron chi connectivity index (χ2n) is 5.80. The Kier molecular flexibility index (Phi) is 16.9. The highest BCUT2D eigenvalue weighted by Gasteiger charge is 2.24. The van der Waals surface area contributed by atoms with Gasteiger partial charge in [0.25, 0.3) is 0 Å². The van der Waals surface area contributed by atoms with E-state index >= 15 is 0 Å². The van der Waals surface area contributed by atoms with Crippen molar-refractivity contribution in [2.45, 2.75) is 90.9 Å². The van der Waals surface area contributed by atoms with Gasteiger partial charge in [-0.3, -0.25) is 4.89 Å². The summed E-state index contributed by atoms with van der Waals surface area (Å²) in [4.78, 5) is 18.5. The second-order valence-corrected chi connectivity index (χ2v) is 7.03. The van der Waals surface area contributed by atoms with Crippen molar-refractivity contribution < 1.29 is 28.6 Å². The Balaban J connectivity index is 3.26. The Hall–Kier alpha value is 0.0300. The summed E-state index contributed by atoms with van der Waals surface area (Å²) in [7, 11) is -4.26. The molecule has 0 aromatic carbocycles. The summed E-state index contributed by atoms with van der Waals surface area (Å²) in [6.45, 7) is 4.74. The Bertz CT molecular complexity index is 288. The van der Waals surface area contributed by atoms with Crippen molar-refractivity contribution in [3.63, 3.8) is 0 Å². The lowest BCUT2D eigenvalue weighted by Crippen LogP contribution is -2.00. The molecule has 0 radical (unpaired) electrons. The van der Waals surface area contributed by atoms with Crippen LogP contribution in [-0.4, -0.2) is 18.1 Å². The van der Waals surface area contributed by atoms with E-state index in [1.54, 1.807) is 0 Å². The van der Waals surface area contributed by atoms with Gasteiger partial charge in [-0.25, -0.2) is 14.3 Å². The van der Waals surface area contributed by atoms with Crippen LogP contribution in [0.4, 0.5) is 0 Å². The van der Waals surface area contributed by atoms with E-state index in [-0.39, 0.29) is 13.2 Å². The van der Waals surface area contributed by atoms with Crippen LogP contribution in [0, 0.1) is 0 Å². The zero-order chi connectivity index (χ0) is 17.2. The summed E-state index contributed by atoms with van der Waals surface area (Å²) in [6.07, 6.45) is 13.8. The molecule has 0 aromatic rings. The fraction of sp³-hybridized carbons (Fsp3) is 1.00. The number of rotatable bonds is 18. The smallest absolute Gasteiger partial charge is 0.299 e. The molecule has 0 saturated heterocycles. The number of unbranched alkanes of at least 4 members (excludes halogenated alkanes) is 10. The van der Waals surface area contributed by atoms with Crippen LogP contribution in [0.15, 0.2) is 0 Å². The van der Waals surface area contributed by atoms with Gasteiger partial charge in [0.15, 0.2) is 0 Å². The molecule has 7 heteroatoms. The van der Waals surface area contributed by atoms with Crippen molar-refractivity contribution in [3.8, 4) is 0 Å². The van der Waals surface area contributed by atoms with E-state index in [1.807, 2.05) is 6.92 Å². The van der Waals surface area contributed by atoms with Crippen LogP contribution in [0.5, 0.6) is 0 Å². The first-order chi connectivity index (χ1) is 11.1. The molecule has 0 rings (SSSR count). The Morgan fingerprint density at radius 2 is 1.04 bits per heavy atom. The predicted octanol–water partition coefficient (Wildman–Crippen LogP) is 5.70. The van der Waals surface area contributed by atoms with E-state index in [4.69, 9.17) is 4.89 Å². The minimum Gasteiger partial charge on any atom is -0.299 e. The van der Waals surface area contributed by atoms with Crippen molar-refractivity contribution >= 4 is 7.82 Å². The molecule has 6 nitrogen and oxygen atoms in total. The molecule has 0 aliphatic carbocycles. The predicted molar refractivity (Wildman–Crippen MR) is 90.7 cm³/mol. The number of hydrogen-bond donors (Lipinski definition) is 1. The van der Waals surface area contributed by atoms with Crippen LogP contribution >= 0.6 is 7.82 Å². The number of hydrogen-bond acceptors (Lipinski definition) is 5. The van der Waals surface area contributed by atoms with E-state index in [1.165, 1.54) is 44.9 Å². The molecule has 1 N–H and O–H groups in total. The highest BCUT2D eigenvalue weighted by molar-refractivity contribution is 7.47. The summed E-state index contributed by atoms with van der Waals surface area (Å²) >= 11 is 0. The summed E-state index contributed by atoms with van der Waals surface area (Å²) in [5, 5.41) is 0. The zero-order valence-corrected chi connectivity index (χ0v) is 15.7. The molecule has 0 fully saturated rings. The molecule has 0 bridgehead atoms. The van der Waals surface area contributed by atoms with Crippen molar-refractivity contribution in [2.75, 3.05) is 13.2 Å². The zero-order valence-electron chi connectivity index (χ0n) is 14.8. The van der Waals surface area contributed by atoms with Gasteiger partial charge in [-0.05, 0) is 12.8 Å². The normalized spacial score (nSPS) is 14.0. The van der Waals surface area contributed by atoms with Gasteiger partial charge in [0.05, 0.1) is 13.2 Å². The summed E-state index contributed by atoms with van der Waals surface area (Å²) < 4.78 is 20.0. The maximum atomic E-state index is 11.3. The van der Waals surface area contributed by atoms with Crippen LogP contribution < -0.4 is 0 Å². The summed E-state index contributed by atoms with van der Waals surface area (Å²) in [5.41, 5.74) is 0. The van der Waals surface area contributed by atoms with Crippen LogP contribution in [0.3, 0.4) is 0 Å². The average Bonchev–Trinajstić information content (AvgIpc) is 2.52. The van der Waals surface area contributed by atoms with Crippen molar-refractivity contribution in [1.82, 2.24) is 0 Å². The third-order valence-electron chi connectivity index (χ3n) is 3.46. The van der Waals surface area contributed by atoms with Crippen LogP contribution in [0.1, 0.15) is 90.9 Å². The lowest BCUT2D eigenvalue weighted by atomic mass is 10.1. The van der Waals surface area contributed by atoms with E-state index in [0.29, 0.717) is 0 Å². The topological polar surface area (TPSA) is 74.2 Å². The van der Waals surface area contributed by atoms with E-state index in [2.05, 4.69) is 21.2 Å². The van der Waals surface area contributed by atoms with Gasteiger partial charge in [-0.15, -0.1) is 9.35 Å². The Morgan fingerprint density at radius 3 is 1.52 bits per heavy atom. The highest BCUT2D eigenvalue weighted by atomic mass is 31.2. The molecule has 0 heterocycles. The van der Waals surface area contributed by atoms with Gasteiger partial charge in [0.2, 0.25) is 0 Å². The summed E-state index contributed by atoms with van der Waals surface area (Å²) in [5.74, 6) is 0. The first-order valence-corrected chi connectivity index (χ1v) is 10.6. The minimum absolute atomic E-state index is 0.253. The second kappa shape index (κ2) is 16.9. The molecular formula is C16H35O6P. The molecule has 1 unspecified atom stereocenters. The van der Waals surface area contributed by atoms with E-state index < -0.39 is 7.82 Å². The standard InChI is InChI=1S/C16H35O6P/c1-3-5-7-8-9-10-11-12-13-14-16-20-22-23(17,18)21-19-15-6-4-2/h3-16H2,1-2H3,(H,17,18). The largest absolute Gasteiger partial charge is 0.526 e. The van der Waals surface area contributed by atoms with Crippen LogP contribution in [-0.2, 0) is 23.7 Å². The van der Waals surface area contributed by atoms with Gasteiger partial charge >= 0.3 is 7.82 Å². The average molecular weight is 354 g/mol. The van der Waals surface area contributed by atoms with E-state index in [0.717, 1.165) is 32.1 Å². The van der Waals surface area contributed by atoms with Crippen LogP contribution in [0.2, 0.25) is 0 Å². The molecular weight excluding hydrogens is 319 g/mol. The van der Waals surface area contributed by atoms with Gasteiger partial charge in [0, 0.05) is 0 Å². The molecule has 0 aliphatic heterocycles. The molecule has 1 atom stereocenters. The van der Waals surface area contributed by atoms with Crippen molar-refractivity contribution in [1.29, 1.82) is 0 Å². The van der Waals surface area contributed by atoms with E-state index in [9.17, 15) is 9.46 Å². The van der Waals surface area contributed by atoms with Crippen molar-refractivity contribution in [2.24, 2.45) is 0 Å². The maximum absolute atomic E-state index is 11.3. The first kappa shape index (κ1) is 23.0. The highest BCUT2D eigenvalue weighted by Crippen LogP contribution is 2.43. The fourth-order valence-corrected chi connectivity index (χ4v) is 2.51. The third-order valence-corrected chi connectivity index (χ3v) is 4.04. The fourth-order valence-electron chi connectivity index (χ4n) is 2.07. The van der Waals surface area contributed by atoms with Crippen molar-refractivity contribution in [3.05, 3.63) is 0 Å². The van der Waals surface area contributed by atoms with Gasteiger partial charge in [0.1, 0.15) is 0 Å². The van der Waals surface area contributed by atoms with Gasteiger partial charge in [-0.1, -0.05) is 78.1 Å². The molecule has 23 heavy (non-hydrogen) atoms. The molecule has 0 amide bonds. The Morgan fingerprint density at radius 1 is 0.652 bits per heavy atom. The molecule has 0 spiro atoms. The van der Waals surface area contributed by atoms with Gasteiger partial charge < -0.3 is 0 Å². The lowest BCUT2D eigenvalue weighted by Gasteiger charge is -2.09. The molecule has 0 aromatic heterocycles. The Labute approximate surface area is 141 Å².